The lowest BCUT2D eigenvalue weighted by Crippen LogP contribution is -2.29. The number of nitrogens with zero attached hydrogens (tertiary/aromatic N) is 2. The van der Waals surface area contributed by atoms with Gasteiger partial charge in [-0.15, -0.1) is 0 Å². The van der Waals surface area contributed by atoms with E-state index in [0.717, 1.165) is 6.54 Å². The summed E-state index contributed by atoms with van der Waals surface area (Å²) in [6, 6.07) is 3.14. The molecule has 0 bridgehead atoms. The van der Waals surface area contributed by atoms with Crippen LogP contribution in [-0.2, 0) is 0 Å². The van der Waals surface area contributed by atoms with Crippen LogP contribution in [-0.4, -0.2) is 29.4 Å². The average molecular weight is 255 g/mol. The van der Waals surface area contributed by atoms with Gasteiger partial charge in [0, 0.05) is 19.2 Å². The largest absolute Gasteiger partial charge is 0.341 e. The molecule has 1 aliphatic carbocycles. The van der Waals surface area contributed by atoms with Gasteiger partial charge in [-0.1, -0.05) is 11.6 Å². The number of hydrogen-bond acceptors (Lipinski definition) is 4. The van der Waals surface area contributed by atoms with Crippen molar-refractivity contribution in [3.8, 4) is 0 Å². The molecule has 0 aliphatic heterocycles. The molecule has 3 N–H and O–H groups in total. The van der Waals surface area contributed by atoms with Gasteiger partial charge in [0.15, 0.2) is 0 Å². The van der Waals surface area contributed by atoms with Crippen molar-refractivity contribution in [3.63, 3.8) is 0 Å². The Balaban J connectivity index is 2.13. The average Bonchev–Trinajstić information content (AvgIpc) is 3.10. The number of nitrogens with two attached hydrogens (primary N) is 1. The highest BCUT2D eigenvalue weighted by atomic mass is 35.5. The first-order valence-corrected chi connectivity index (χ1v) is 5.87. The van der Waals surface area contributed by atoms with E-state index in [1.807, 2.05) is 0 Å². The summed E-state index contributed by atoms with van der Waals surface area (Å²) in [5.74, 6) is 6.25. The fourth-order valence-corrected chi connectivity index (χ4v) is 1.89. The van der Waals surface area contributed by atoms with Gasteiger partial charge in [0.1, 0.15) is 11.0 Å². The van der Waals surface area contributed by atoms with Crippen molar-refractivity contribution in [1.82, 2.24) is 9.88 Å². The number of nitrogens with one attached hydrogen (secondary N) is 1. The fraction of sp³-hybridized carbons (Fsp3) is 0.455. The first-order chi connectivity index (χ1) is 8.10. The van der Waals surface area contributed by atoms with E-state index in [1.165, 1.54) is 12.8 Å². The fourth-order valence-electron chi connectivity index (χ4n) is 1.69. The van der Waals surface area contributed by atoms with Crippen LogP contribution in [0.4, 0.5) is 5.82 Å². The van der Waals surface area contributed by atoms with Gasteiger partial charge in [-0.05, 0) is 30.9 Å². The number of hydrazine groups is 1. The molecule has 1 heterocycles. The van der Waals surface area contributed by atoms with Crippen molar-refractivity contribution in [2.75, 3.05) is 19.0 Å². The van der Waals surface area contributed by atoms with Crippen molar-refractivity contribution in [1.29, 1.82) is 0 Å². The predicted octanol–water partition coefficient (Wildman–Crippen LogP) is 1.50. The van der Waals surface area contributed by atoms with Crippen molar-refractivity contribution in [2.24, 2.45) is 11.8 Å². The van der Waals surface area contributed by atoms with Crippen molar-refractivity contribution >= 4 is 23.3 Å². The summed E-state index contributed by atoms with van der Waals surface area (Å²) in [7, 11) is 1.80. The van der Waals surface area contributed by atoms with E-state index in [1.54, 1.807) is 24.1 Å². The Labute approximate surface area is 105 Å². The third-order valence-electron chi connectivity index (χ3n) is 2.76. The molecule has 1 aromatic rings. The molecule has 0 radical (unpaired) electrons. The Morgan fingerprint density at radius 3 is 2.94 bits per heavy atom. The van der Waals surface area contributed by atoms with Crippen LogP contribution in [0.3, 0.4) is 0 Å². The van der Waals surface area contributed by atoms with E-state index in [9.17, 15) is 4.79 Å². The molecular formula is C11H15ClN4O. The molecule has 1 aliphatic rings. The lowest BCUT2D eigenvalue weighted by Gasteiger charge is -2.17. The minimum Gasteiger partial charge on any atom is -0.341 e. The van der Waals surface area contributed by atoms with Crippen LogP contribution in [0.15, 0.2) is 12.1 Å². The summed E-state index contributed by atoms with van der Waals surface area (Å²) in [5.41, 5.74) is 2.89. The number of amides is 1. The SMILES string of the molecule is CN(CC1CC1)C(=O)c1cc(Cl)nc(NN)c1. The van der Waals surface area contributed by atoms with Gasteiger partial charge < -0.3 is 10.3 Å². The molecule has 17 heavy (non-hydrogen) atoms. The normalized spacial score (nSPS) is 14.5. The molecule has 0 saturated heterocycles. The third kappa shape index (κ3) is 3.08. The summed E-state index contributed by atoms with van der Waals surface area (Å²) in [6.07, 6.45) is 2.43. The zero-order valence-corrected chi connectivity index (χ0v) is 10.4. The predicted molar refractivity (Wildman–Crippen MR) is 66.7 cm³/mol. The maximum atomic E-state index is 12.1. The van der Waals surface area contributed by atoms with E-state index in [0.29, 0.717) is 17.3 Å². The van der Waals surface area contributed by atoms with E-state index in [2.05, 4.69) is 10.4 Å². The van der Waals surface area contributed by atoms with Gasteiger partial charge in [-0.3, -0.25) is 4.79 Å². The number of carbonyl (C=O) groups is 1. The second kappa shape index (κ2) is 4.89. The van der Waals surface area contributed by atoms with Crippen LogP contribution >= 0.6 is 11.6 Å². The van der Waals surface area contributed by atoms with Crippen LogP contribution in [0.2, 0.25) is 5.15 Å². The Hall–Kier alpha value is -1.33. The summed E-state index contributed by atoms with van der Waals surface area (Å²) in [6.45, 7) is 0.796. The molecule has 1 saturated carbocycles. The highest BCUT2D eigenvalue weighted by Crippen LogP contribution is 2.29. The third-order valence-corrected chi connectivity index (χ3v) is 2.96. The summed E-state index contributed by atoms with van der Waals surface area (Å²) in [4.78, 5) is 17.7. The molecule has 1 fully saturated rings. The Morgan fingerprint density at radius 1 is 1.65 bits per heavy atom. The molecule has 6 heteroatoms. The highest BCUT2D eigenvalue weighted by molar-refractivity contribution is 6.29. The second-order valence-electron chi connectivity index (χ2n) is 4.34. The summed E-state index contributed by atoms with van der Waals surface area (Å²) < 4.78 is 0. The van der Waals surface area contributed by atoms with Gasteiger partial charge in [-0.25, -0.2) is 10.8 Å². The molecule has 0 atom stereocenters. The smallest absolute Gasteiger partial charge is 0.253 e. The molecule has 0 spiro atoms. The number of halogens is 1. The molecule has 0 aromatic carbocycles. The zero-order valence-electron chi connectivity index (χ0n) is 9.61. The Kier molecular flexibility index (Phi) is 3.49. The Bertz CT molecular complexity index is 433. The zero-order chi connectivity index (χ0) is 12.4. The van der Waals surface area contributed by atoms with Crippen LogP contribution in [0, 0.1) is 5.92 Å². The van der Waals surface area contributed by atoms with Gasteiger partial charge in [0.25, 0.3) is 5.91 Å². The standard InChI is InChI=1S/C11H15ClN4O/c1-16(6-7-2-3-7)11(17)8-4-9(12)14-10(5-8)15-13/h4-5,7H,2-3,6,13H2,1H3,(H,14,15). The quantitative estimate of drug-likeness (QED) is 0.485. The minimum atomic E-state index is -0.0577. The number of rotatable bonds is 4. The molecule has 1 amide bonds. The number of pyridine rings is 1. The highest BCUT2D eigenvalue weighted by Gasteiger charge is 2.25. The lowest BCUT2D eigenvalue weighted by atomic mass is 10.2. The molecule has 5 nitrogen and oxygen atoms in total. The van der Waals surface area contributed by atoms with Crippen LogP contribution in [0.5, 0.6) is 0 Å². The summed E-state index contributed by atoms with van der Waals surface area (Å²) in [5, 5.41) is 0.253. The van der Waals surface area contributed by atoms with E-state index < -0.39 is 0 Å². The van der Waals surface area contributed by atoms with Crippen molar-refractivity contribution in [3.05, 3.63) is 22.8 Å². The number of anilines is 1. The van der Waals surface area contributed by atoms with Crippen LogP contribution in [0.1, 0.15) is 23.2 Å². The van der Waals surface area contributed by atoms with E-state index in [4.69, 9.17) is 17.4 Å². The maximum absolute atomic E-state index is 12.1. The molecule has 1 aromatic heterocycles. The van der Waals surface area contributed by atoms with E-state index in [-0.39, 0.29) is 11.1 Å². The van der Waals surface area contributed by atoms with Gasteiger partial charge >= 0.3 is 0 Å². The summed E-state index contributed by atoms with van der Waals surface area (Å²) >= 11 is 5.82. The molecule has 0 unspecified atom stereocenters. The van der Waals surface area contributed by atoms with Crippen LogP contribution in [0.25, 0.3) is 0 Å². The first-order valence-electron chi connectivity index (χ1n) is 5.50. The van der Waals surface area contributed by atoms with E-state index >= 15 is 0 Å². The molecule has 92 valence electrons. The number of hydrogen-bond donors (Lipinski definition) is 2. The van der Waals surface area contributed by atoms with Gasteiger partial charge in [0.05, 0.1) is 0 Å². The molecular weight excluding hydrogens is 240 g/mol. The first kappa shape index (κ1) is 12.1. The van der Waals surface area contributed by atoms with Gasteiger partial charge in [0.2, 0.25) is 0 Å². The van der Waals surface area contributed by atoms with Crippen LogP contribution < -0.4 is 11.3 Å². The number of aromatic nitrogens is 1. The monoisotopic (exact) mass is 254 g/mol. The van der Waals surface area contributed by atoms with Gasteiger partial charge in [-0.2, -0.15) is 0 Å². The van der Waals surface area contributed by atoms with Crippen molar-refractivity contribution in [2.45, 2.75) is 12.8 Å². The minimum absolute atomic E-state index is 0.0577. The second-order valence-corrected chi connectivity index (χ2v) is 4.72. The maximum Gasteiger partial charge on any atom is 0.253 e. The lowest BCUT2D eigenvalue weighted by molar-refractivity contribution is 0.0788. The Morgan fingerprint density at radius 2 is 2.35 bits per heavy atom. The van der Waals surface area contributed by atoms with Crippen molar-refractivity contribution < 1.29 is 4.79 Å². The topological polar surface area (TPSA) is 71.2 Å². The number of carbonyl (C=O) groups excluding carboxylic acids is 1. The molecule has 2 rings (SSSR count). The number of nitrogen functional groups attached to an aromatic ring is 1.